The average Bonchev–Trinajstić information content (AvgIpc) is 0.837. The molecule has 0 spiro atoms. The molecule has 20 nitrogen and oxygen atoms in total. The quantitative estimate of drug-likeness (QED) is 0.0421. The molecule has 1 heterocycles. The molecule has 8 aromatic rings. The minimum absolute atomic E-state index is 0.0106. The maximum Gasteiger partial charge on any atom is 0.242 e. The van der Waals surface area contributed by atoms with Crippen molar-refractivity contribution < 1.29 is 57.3 Å². The van der Waals surface area contributed by atoms with Gasteiger partial charge in [-0.15, -0.1) is 0 Å². The summed E-state index contributed by atoms with van der Waals surface area (Å²) in [5, 5.41) is 0. The molecule has 8 aromatic carbocycles. The zero-order chi connectivity index (χ0) is 76.2. The molecule has 0 aromatic heterocycles. The molecule has 4 atom stereocenters. The topological polar surface area (TPSA) is 199 Å². The highest BCUT2D eigenvalue weighted by molar-refractivity contribution is 5.90. The first kappa shape index (κ1) is 81.4. The molecule has 9 rings (SSSR count). The van der Waals surface area contributed by atoms with Gasteiger partial charge < -0.3 is 58.1 Å². The molecule has 1 saturated heterocycles. The highest BCUT2D eigenvalue weighted by atomic mass is 16.5. The fraction of sp³-hybridized carbons (Fsp3) is 0.364. The fourth-order valence-corrected chi connectivity index (χ4v) is 13.2. The zero-order valence-electron chi connectivity index (χ0n) is 62.9. The van der Waals surface area contributed by atoms with Crippen LogP contribution in [0.4, 0.5) is 0 Å². The maximum atomic E-state index is 15.5. The van der Waals surface area contributed by atoms with Crippen molar-refractivity contribution in [3.05, 3.63) is 287 Å². The number of rotatable bonds is 28. The van der Waals surface area contributed by atoms with Crippen LogP contribution in [0, 0.1) is 0 Å². The number of carbonyl (C=O) groups is 8. The molecule has 0 aliphatic carbocycles. The van der Waals surface area contributed by atoms with Crippen LogP contribution >= 0.6 is 0 Å². The largest absolute Gasteiger partial charge is 0.375 e. The van der Waals surface area contributed by atoms with Crippen molar-refractivity contribution in [2.24, 2.45) is 0 Å². The minimum Gasteiger partial charge on any atom is -0.375 e. The standard InChI is InChI=1S/C88H104N8O12/c1-69(77-37-21-9-22-38-77)93-49-45-81(97)90(54-58-106-66-74-31-15-6-16-32-74)62-86(102)95(71(3)79-41-25-11-26-42-79)51-47-83(99)92(56-60-108-68-76-35-19-8-20-36-76)64-88(104)96(72(4)80-43-27-12-28-44-80)52-48-84(100)91(55-59-107-67-75-33-17-7-18-34-75)63-87(103)94(70(2)78-39-23-10-24-40-78)50-46-82(98)89(61-85(93)101)53-57-105-65-73-29-13-5-14-30-73/h5-44,69-72H,45-68H2,1-4H3/t69-,70-,71-,72-/m0/s1. The first-order chi connectivity index (χ1) is 52.6. The zero-order valence-corrected chi connectivity index (χ0v) is 62.9. The first-order valence-electron chi connectivity index (χ1n) is 37.6. The molecule has 0 radical (unpaired) electrons. The second-order valence-corrected chi connectivity index (χ2v) is 27.1. The molecule has 1 fully saturated rings. The Morgan fingerprint density at radius 3 is 0.583 bits per heavy atom. The van der Waals surface area contributed by atoms with E-state index in [2.05, 4.69) is 0 Å². The second-order valence-electron chi connectivity index (χ2n) is 27.1. The Kier molecular flexibility index (Phi) is 33.1. The van der Waals surface area contributed by atoms with Crippen LogP contribution in [0.15, 0.2) is 243 Å². The van der Waals surface area contributed by atoms with Crippen LogP contribution in [0.25, 0.3) is 0 Å². The van der Waals surface area contributed by atoms with E-state index < -0.39 is 97.6 Å². The summed E-state index contributed by atoms with van der Waals surface area (Å²) in [5.41, 5.74) is 6.75. The van der Waals surface area contributed by atoms with E-state index in [1.807, 2.05) is 270 Å². The van der Waals surface area contributed by atoms with Crippen LogP contribution in [0.3, 0.4) is 0 Å². The molecular formula is C88H104N8O12. The Balaban J connectivity index is 1.10. The molecule has 1 aliphatic rings. The van der Waals surface area contributed by atoms with Gasteiger partial charge in [0.1, 0.15) is 0 Å². The molecule has 1 aliphatic heterocycles. The van der Waals surface area contributed by atoms with Gasteiger partial charge >= 0.3 is 0 Å². The predicted octanol–water partition coefficient (Wildman–Crippen LogP) is 12.1. The van der Waals surface area contributed by atoms with E-state index >= 15 is 38.4 Å². The van der Waals surface area contributed by atoms with E-state index in [0.717, 1.165) is 44.5 Å². The lowest BCUT2D eigenvalue weighted by Gasteiger charge is -2.35. The second kappa shape index (κ2) is 43.9. The summed E-state index contributed by atoms with van der Waals surface area (Å²) in [6, 6.07) is 73.5. The first-order valence-corrected chi connectivity index (χ1v) is 37.6. The Morgan fingerprint density at radius 2 is 0.407 bits per heavy atom. The van der Waals surface area contributed by atoms with Gasteiger partial charge in [-0.1, -0.05) is 243 Å². The average molecular weight is 1470 g/mol. The van der Waals surface area contributed by atoms with E-state index in [4.69, 9.17) is 18.9 Å². The van der Waals surface area contributed by atoms with Crippen molar-refractivity contribution in [1.82, 2.24) is 39.2 Å². The van der Waals surface area contributed by atoms with Crippen molar-refractivity contribution in [2.75, 3.05) is 105 Å². The van der Waals surface area contributed by atoms with Gasteiger partial charge in [-0.25, -0.2) is 0 Å². The number of carbonyl (C=O) groups excluding carboxylic acids is 8. The highest BCUT2D eigenvalue weighted by Gasteiger charge is 2.34. The number of benzene rings is 8. The van der Waals surface area contributed by atoms with E-state index in [1.165, 1.54) is 19.6 Å². The van der Waals surface area contributed by atoms with E-state index in [1.54, 1.807) is 19.6 Å². The molecule has 0 N–H and O–H groups in total. The molecule has 0 unspecified atom stereocenters. The predicted molar refractivity (Wildman–Crippen MR) is 415 cm³/mol. The molecule has 8 amide bonds. The number of hydrogen-bond donors (Lipinski definition) is 0. The van der Waals surface area contributed by atoms with E-state index in [9.17, 15) is 0 Å². The normalized spacial score (nSPS) is 16.3. The van der Waals surface area contributed by atoms with Gasteiger partial charge in [-0.05, 0) is 72.2 Å². The minimum atomic E-state index is -0.614. The van der Waals surface area contributed by atoms with Crippen LogP contribution in [-0.2, 0) is 83.7 Å². The molecule has 0 saturated carbocycles. The summed E-state index contributed by atoms with van der Waals surface area (Å²) < 4.78 is 24.8. The van der Waals surface area contributed by atoms with Crippen molar-refractivity contribution in [2.45, 2.75) is 104 Å². The third-order valence-electron chi connectivity index (χ3n) is 19.7. The van der Waals surface area contributed by atoms with Gasteiger partial charge in [0.05, 0.1) is 103 Å². The SMILES string of the molecule is C[C@@H](c1ccccc1)N1CCC(=O)N(CCOCc2ccccc2)CC(=O)N([C@@H](C)c2ccccc2)CCC(=O)N(CCOCc2ccccc2)CC(=O)N([C@@H](C)c2ccccc2)CCC(=O)N(CCOCc2ccccc2)CC(=O)N([C@@H](C)c2ccccc2)CCC(=O)N(CCOCc2ccccc2)CC1=O. The van der Waals surface area contributed by atoms with Crippen molar-refractivity contribution >= 4 is 47.3 Å². The number of nitrogens with zero attached hydrogens (tertiary/aromatic N) is 8. The van der Waals surface area contributed by atoms with Gasteiger partial charge in [-0.2, -0.15) is 0 Å². The van der Waals surface area contributed by atoms with Crippen LogP contribution in [0.1, 0.15) is 122 Å². The van der Waals surface area contributed by atoms with Gasteiger partial charge in [-0.3, -0.25) is 38.4 Å². The van der Waals surface area contributed by atoms with Gasteiger partial charge in [0, 0.05) is 78.0 Å². The Labute approximate surface area is 636 Å². The van der Waals surface area contributed by atoms with Crippen molar-refractivity contribution in [3.63, 3.8) is 0 Å². The fourth-order valence-electron chi connectivity index (χ4n) is 13.2. The molecule has 568 valence electrons. The summed E-state index contributed by atoms with van der Waals surface area (Å²) in [7, 11) is 0. The van der Waals surface area contributed by atoms with Crippen LogP contribution in [0.2, 0.25) is 0 Å². The third kappa shape index (κ3) is 25.8. The van der Waals surface area contributed by atoms with Crippen LogP contribution in [0.5, 0.6) is 0 Å². The Morgan fingerprint density at radius 1 is 0.241 bits per heavy atom. The lowest BCUT2D eigenvalue weighted by molar-refractivity contribution is -0.147. The molecule has 0 bridgehead atoms. The smallest absolute Gasteiger partial charge is 0.242 e. The monoisotopic (exact) mass is 1460 g/mol. The number of hydrogen-bond acceptors (Lipinski definition) is 12. The maximum absolute atomic E-state index is 15.5. The van der Waals surface area contributed by atoms with Gasteiger partial charge in [0.15, 0.2) is 0 Å². The third-order valence-corrected chi connectivity index (χ3v) is 19.7. The lowest BCUT2D eigenvalue weighted by Crippen LogP contribution is -2.49. The van der Waals surface area contributed by atoms with Gasteiger partial charge in [0.2, 0.25) is 47.3 Å². The lowest BCUT2D eigenvalue weighted by atomic mass is 10.1. The van der Waals surface area contributed by atoms with Gasteiger partial charge in [0.25, 0.3) is 0 Å². The molecule has 108 heavy (non-hydrogen) atoms. The number of amides is 8. The summed E-state index contributed by atoms with van der Waals surface area (Å²) >= 11 is 0. The summed E-state index contributed by atoms with van der Waals surface area (Å²) in [6.07, 6.45) is -0.952. The van der Waals surface area contributed by atoms with E-state index in [-0.39, 0.29) is 131 Å². The van der Waals surface area contributed by atoms with Crippen molar-refractivity contribution in [3.8, 4) is 0 Å². The molecular weight excluding hydrogens is 1360 g/mol. The Hall–Kier alpha value is -10.6. The number of ether oxygens (including phenoxy) is 4. The van der Waals surface area contributed by atoms with Crippen LogP contribution in [-0.4, -0.2) is 191 Å². The molecule has 20 heteroatoms. The van der Waals surface area contributed by atoms with E-state index in [0.29, 0.717) is 0 Å². The summed E-state index contributed by atoms with van der Waals surface area (Å²) in [6.45, 7) is 6.39. The highest BCUT2D eigenvalue weighted by Crippen LogP contribution is 2.27. The summed E-state index contributed by atoms with van der Waals surface area (Å²) in [5.74, 6) is -3.65. The summed E-state index contributed by atoms with van der Waals surface area (Å²) in [4.78, 5) is 135. The van der Waals surface area contributed by atoms with Crippen molar-refractivity contribution in [1.29, 1.82) is 0 Å². The van der Waals surface area contributed by atoms with Crippen LogP contribution < -0.4 is 0 Å². The Bertz CT molecular complexity index is 3520.